The number of amides is 3. The number of benzene rings is 1. The van der Waals surface area contributed by atoms with E-state index in [1.165, 1.54) is 0 Å². The molecule has 3 amide bonds. The summed E-state index contributed by atoms with van der Waals surface area (Å²) in [7, 11) is 3.52. The summed E-state index contributed by atoms with van der Waals surface area (Å²) in [6.07, 6.45) is 1.16. The molecule has 0 aliphatic carbocycles. The van der Waals surface area contributed by atoms with Crippen LogP contribution in [0.25, 0.3) is 0 Å². The van der Waals surface area contributed by atoms with E-state index in [1.54, 1.807) is 19.0 Å². The number of carbonyl (C=O) groups is 2. The maximum Gasteiger partial charge on any atom is 0.321 e. The van der Waals surface area contributed by atoms with Gasteiger partial charge in [-0.3, -0.25) is 4.79 Å². The fraction of sp³-hybridized carbons (Fsp3) is 0.500. The number of nitrogens with one attached hydrogen (secondary N) is 1. The molecule has 1 fully saturated rings. The fourth-order valence-corrected chi connectivity index (χ4v) is 3.15. The zero-order valence-corrected chi connectivity index (χ0v) is 14.0. The Hall–Kier alpha value is -1.69. The molecule has 0 aromatic heterocycles. The van der Waals surface area contributed by atoms with Crippen LogP contribution in [0.4, 0.5) is 10.5 Å². The molecule has 120 valence electrons. The first kappa shape index (κ1) is 16.7. The van der Waals surface area contributed by atoms with Gasteiger partial charge in [-0.25, -0.2) is 4.79 Å². The number of nitrogens with zero attached hydrogens (tertiary/aromatic N) is 2. The van der Waals surface area contributed by atoms with Crippen LogP contribution in [0.5, 0.6) is 0 Å². The van der Waals surface area contributed by atoms with Crippen LogP contribution in [0, 0.1) is 0 Å². The van der Waals surface area contributed by atoms with E-state index >= 15 is 0 Å². The summed E-state index contributed by atoms with van der Waals surface area (Å²) in [5, 5.41) is 2.94. The van der Waals surface area contributed by atoms with Crippen molar-refractivity contribution >= 4 is 29.4 Å². The van der Waals surface area contributed by atoms with Gasteiger partial charge in [0, 0.05) is 50.8 Å². The van der Waals surface area contributed by atoms with Crippen molar-refractivity contribution in [1.29, 1.82) is 0 Å². The Kier molecular flexibility index (Phi) is 6.12. The first-order valence-electron chi connectivity index (χ1n) is 7.49. The minimum absolute atomic E-state index is 0.0400. The number of hydrogen-bond acceptors (Lipinski definition) is 3. The lowest BCUT2D eigenvalue weighted by atomic mass is 10.1. The van der Waals surface area contributed by atoms with Crippen LogP contribution < -0.4 is 5.32 Å². The molecule has 0 radical (unpaired) electrons. The second-order valence-corrected chi connectivity index (χ2v) is 6.74. The van der Waals surface area contributed by atoms with Crippen molar-refractivity contribution in [3.05, 3.63) is 29.8 Å². The lowest BCUT2D eigenvalue weighted by molar-refractivity contribution is -0.128. The van der Waals surface area contributed by atoms with Gasteiger partial charge in [-0.05, 0) is 24.1 Å². The highest BCUT2D eigenvalue weighted by Crippen LogP contribution is 2.15. The molecule has 6 heteroatoms. The summed E-state index contributed by atoms with van der Waals surface area (Å²) in [4.78, 5) is 27.3. The Bertz CT molecular complexity index is 528. The van der Waals surface area contributed by atoms with Gasteiger partial charge < -0.3 is 15.1 Å². The van der Waals surface area contributed by atoms with Crippen LogP contribution in [-0.2, 0) is 11.2 Å². The zero-order chi connectivity index (χ0) is 15.9. The van der Waals surface area contributed by atoms with Crippen molar-refractivity contribution < 1.29 is 9.59 Å². The lowest BCUT2D eigenvalue weighted by Gasteiger charge is -2.26. The van der Waals surface area contributed by atoms with Gasteiger partial charge in [-0.2, -0.15) is 11.8 Å². The Morgan fingerprint density at radius 2 is 2.00 bits per heavy atom. The second-order valence-electron chi connectivity index (χ2n) is 5.52. The topological polar surface area (TPSA) is 52.7 Å². The van der Waals surface area contributed by atoms with Crippen LogP contribution >= 0.6 is 11.8 Å². The molecule has 2 rings (SSSR count). The quantitative estimate of drug-likeness (QED) is 0.926. The predicted molar refractivity (Wildman–Crippen MR) is 91.4 cm³/mol. The van der Waals surface area contributed by atoms with Crippen LogP contribution in [0.1, 0.15) is 12.0 Å². The van der Waals surface area contributed by atoms with Crippen molar-refractivity contribution in [2.45, 2.75) is 12.8 Å². The molecule has 1 saturated heterocycles. The molecule has 0 spiro atoms. The summed E-state index contributed by atoms with van der Waals surface area (Å²) in [5.41, 5.74) is 1.85. The van der Waals surface area contributed by atoms with Gasteiger partial charge in [0.05, 0.1) is 0 Å². The van der Waals surface area contributed by atoms with Gasteiger partial charge in [-0.15, -0.1) is 0 Å². The van der Waals surface area contributed by atoms with Crippen molar-refractivity contribution in [2.75, 3.05) is 44.0 Å². The van der Waals surface area contributed by atoms with Gasteiger partial charge in [0.25, 0.3) is 0 Å². The maximum atomic E-state index is 12.2. The van der Waals surface area contributed by atoms with Gasteiger partial charge in [-0.1, -0.05) is 12.1 Å². The number of aryl methyl sites for hydroxylation is 1. The SMILES string of the molecule is CN(C)C(=O)CCc1cccc(NC(=O)N2CCSCC2)c1. The molecule has 1 aliphatic rings. The Balaban J connectivity index is 1.90. The third kappa shape index (κ3) is 4.94. The van der Waals surface area contributed by atoms with E-state index in [2.05, 4.69) is 5.32 Å². The van der Waals surface area contributed by atoms with E-state index < -0.39 is 0 Å². The van der Waals surface area contributed by atoms with E-state index in [9.17, 15) is 9.59 Å². The largest absolute Gasteiger partial charge is 0.349 e. The number of rotatable bonds is 4. The molecule has 0 unspecified atom stereocenters. The Morgan fingerprint density at radius 3 is 2.68 bits per heavy atom. The number of urea groups is 1. The first-order valence-corrected chi connectivity index (χ1v) is 8.64. The molecule has 0 atom stereocenters. The summed E-state index contributed by atoms with van der Waals surface area (Å²) >= 11 is 1.88. The number of anilines is 1. The van der Waals surface area contributed by atoms with Gasteiger partial charge >= 0.3 is 6.03 Å². The molecule has 5 nitrogen and oxygen atoms in total. The van der Waals surface area contributed by atoms with Gasteiger partial charge in [0.1, 0.15) is 0 Å². The standard InChI is InChI=1S/C16H23N3O2S/c1-18(2)15(20)7-6-13-4-3-5-14(12-13)17-16(21)19-8-10-22-11-9-19/h3-5,12H,6-11H2,1-2H3,(H,17,21). The van der Waals surface area contributed by atoms with Crippen LogP contribution in [0.3, 0.4) is 0 Å². The average molecular weight is 321 g/mol. The van der Waals surface area contributed by atoms with Gasteiger partial charge in [0.2, 0.25) is 5.91 Å². The summed E-state index contributed by atoms with van der Waals surface area (Å²) < 4.78 is 0. The molecule has 1 aromatic carbocycles. The van der Waals surface area contributed by atoms with E-state index in [1.807, 2.05) is 40.9 Å². The minimum atomic E-state index is -0.0400. The molecular formula is C16H23N3O2S. The predicted octanol–water partition coefficient (Wildman–Crippen LogP) is 2.29. The summed E-state index contributed by atoms with van der Waals surface area (Å²) in [5.74, 6) is 2.11. The Labute approximate surface area is 136 Å². The normalized spacial score (nSPS) is 14.5. The molecule has 1 aromatic rings. The highest BCUT2D eigenvalue weighted by molar-refractivity contribution is 7.99. The zero-order valence-electron chi connectivity index (χ0n) is 13.2. The lowest BCUT2D eigenvalue weighted by Crippen LogP contribution is -2.40. The van der Waals surface area contributed by atoms with E-state index in [0.29, 0.717) is 12.8 Å². The third-order valence-electron chi connectivity index (χ3n) is 3.60. The van der Waals surface area contributed by atoms with Crippen LogP contribution in [0.15, 0.2) is 24.3 Å². The van der Waals surface area contributed by atoms with E-state index in [0.717, 1.165) is 35.8 Å². The monoisotopic (exact) mass is 321 g/mol. The number of hydrogen-bond donors (Lipinski definition) is 1. The van der Waals surface area contributed by atoms with E-state index in [-0.39, 0.29) is 11.9 Å². The molecule has 22 heavy (non-hydrogen) atoms. The highest BCUT2D eigenvalue weighted by Gasteiger charge is 2.16. The highest BCUT2D eigenvalue weighted by atomic mass is 32.2. The molecule has 1 N–H and O–H groups in total. The van der Waals surface area contributed by atoms with Crippen LogP contribution in [0.2, 0.25) is 0 Å². The van der Waals surface area contributed by atoms with Crippen molar-refractivity contribution in [3.63, 3.8) is 0 Å². The average Bonchev–Trinajstić information content (AvgIpc) is 2.53. The van der Waals surface area contributed by atoms with Crippen LogP contribution in [-0.4, -0.2) is 60.4 Å². The maximum absolute atomic E-state index is 12.2. The molecule has 0 saturated carbocycles. The van der Waals surface area contributed by atoms with E-state index in [4.69, 9.17) is 0 Å². The third-order valence-corrected chi connectivity index (χ3v) is 4.55. The second kappa shape index (κ2) is 8.08. The molecule has 0 bridgehead atoms. The Morgan fingerprint density at radius 1 is 1.27 bits per heavy atom. The molecule has 1 aliphatic heterocycles. The first-order chi connectivity index (χ1) is 10.6. The number of carbonyl (C=O) groups excluding carboxylic acids is 2. The fourth-order valence-electron chi connectivity index (χ4n) is 2.25. The molecular weight excluding hydrogens is 298 g/mol. The van der Waals surface area contributed by atoms with Crippen molar-refractivity contribution in [2.24, 2.45) is 0 Å². The smallest absolute Gasteiger partial charge is 0.321 e. The van der Waals surface area contributed by atoms with Gasteiger partial charge in [0.15, 0.2) is 0 Å². The minimum Gasteiger partial charge on any atom is -0.349 e. The summed E-state index contributed by atoms with van der Waals surface area (Å²) in [6, 6.07) is 7.68. The van der Waals surface area contributed by atoms with Crippen molar-refractivity contribution in [1.82, 2.24) is 9.80 Å². The van der Waals surface area contributed by atoms with Crippen molar-refractivity contribution in [3.8, 4) is 0 Å². The number of thioether (sulfide) groups is 1. The summed E-state index contributed by atoms with van der Waals surface area (Å²) in [6.45, 7) is 1.60. The molecule has 1 heterocycles.